The zero-order valence-electron chi connectivity index (χ0n) is 11.5. The smallest absolute Gasteiger partial charge is 0.165 e. The zero-order valence-corrected chi connectivity index (χ0v) is 11.5. The summed E-state index contributed by atoms with van der Waals surface area (Å²) in [5.74, 6) is 1.85. The molecule has 1 heterocycles. The molecule has 19 heavy (non-hydrogen) atoms. The van der Waals surface area contributed by atoms with E-state index in [1.165, 1.54) is 37.7 Å². The monoisotopic (exact) mass is 261 g/mol. The number of hydrogen-bond donors (Lipinski definition) is 1. The van der Waals surface area contributed by atoms with E-state index in [1.807, 2.05) is 6.07 Å². The molecule has 1 fully saturated rings. The summed E-state index contributed by atoms with van der Waals surface area (Å²) >= 11 is 0. The number of benzene rings is 1. The summed E-state index contributed by atoms with van der Waals surface area (Å²) in [6.07, 6.45) is 7.72. The van der Waals surface area contributed by atoms with Crippen LogP contribution in [0, 0.1) is 0 Å². The van der Waals surface area contributed by atoms with Crippen molar-refractivity contribution < 1.29 is 9.47 Å². The number of hydrogen-bond acceptors (Lipinski definition) is 3. The predicted octanol–water partition coefficient (Wildman–Crippen LogP) is 3.27. The summed E-state index contributed by atoms with van der Waals surface area (Å²) in [5, 5.41) is 3.67. The van der Waals surface area contributed by atoms with Crippen molar-refractivity contribution in [2.75, 3.05) is 13.2 Å². The Hall–Kier alpha value is -1.22. The molecule has 0 amide bonds. The van der Waals surface area contributed by atoms with Crippen LogP contribution in [0.2, 0.25) is 0 Å². The fourth-order valence-electron chi connectivity index (χ4n) is 2.95. The first kappa shape index (κ1) is 12.8. The van der Waals surface area contributed by atoms with E-state index >= 15 is 0 Å². The highest BCUT2D eigenvalue weighted by Crippen LogP contribution is 2.33. The van der Waals surface area contributed by atoms with Crippen molar-refractivity contribution in [3.05, 3.63) is 23.8 Å². The fraction of sp³-hybridized carbons (Fsp3) is 0.625. The van der Waals surface area contributed by atoms with Crippen molar-refractivity contribution >= 4 is 0 Å². The van der Waals surface area contributed by atoms with Crippen LogP contribution >= 0.6 is 0 Å². The van der Waals surface area contributed by atoms with Crippen LogP contribution in [0.1, 0.15) is 44.1 Å². The first-order valence-electron chi connectivity index (χ1n) is 7.54. The van der Waals surface area contributed by atoms with E-state index in [2.05, 4.69) is 17.4 Å². The van der Waals surface area contributed by atoms with Gasteiger partial charge in [-0.1, -0.05) is 31.4 Å². The zero-order chi connectivity index (χ0) is 12.9. The minimum atomic E-state index is 0.677. The van der Waals surface area contributed by atoms with Gasteiger partial charge in [0.1, 0.15) is 0 Å². The summed E-state index contributed by atoms with van der Waals surface area (Å²) in [5.41, 5.74) is 1.23. The van der Waals surface area contributed by atoms with Gasteiger partial charge in [0.2, 0.25) is 0 Å². The SMILES string of the molecule is c1cc(CNC2CCCCC2)c2c(c1)OCCCO2. The molecule has 2 aliphatic rings. The average Bonchev–Trinajstić information content (AvgIpc) is 2.72. The Morgan fingerprint density at radius 1 is 1.00 bits per heavy atom. The number of rotatable bonds is 3. The van der Waals surface area contributed by atoms with Gasteiger partial charge in [-0.2, -0.15) is 0 Å². The Kier molecular flexibility index (Phi) is 4.23. The molecule has 3 nitrogen and oxygen atoms in total. The van der Waals surface area contributed by atoms with Gasteiger partial charge in [-0.3, -0.25) is 0 Å². The molecular formula is C16H23NO2. The van der Waals surface area contributed by atoms with Crippen LogP contribution in [0.15, 0.2) is 18.2 Å². The molecule has 0 aromatic heterocycles. The van der Waals surface area contributed by atoms with Gasteiger partial charge >= 0.3 is 0 Å². The molecule has 1 saturated carbocycles. The molecule has 104 valence electrons. The van der Waals surface area contributed by atoms with Gasteiger partial charge in [-0.05, 0) is 18.9 Å². The minimum Gasteiger partial charge on any atom is -0.490 e. The van der Waals surface area contributed by atoms with E-state index < -0.39 is 0 Å². The lowest BCUT2D eigenvalue weighted by atomic mass is 9.95. The summed E-state index contributed by atoms with van der Waals surface area (Å²) in [6, 6.07) is 6.88. The Morgan fingerprint density at radius 2 is 1.84 bits per heavy atom. The van der Waals surface area contributed by atoms with Crippen molar-refractivity contribution in [2.24, 2.45) is 0 Å². The summed E-state index contributed by atoms with van der Waals surface area (Å²) in [7, 11) is 0. The molecule has 1 aliphatic heterocycles. The number of nitrogens with one attached hydrogen (secondary N) is 1. The van der Waals surface area contributed by atoms with Crippen LogP contribution in [0.3, 0.4) is 0 Å². The largest absolute Gasteiger partial charge is 0.490 e. The molecule has 1 N–H and O–H groups in total. The van der Waals surface area contributed by atoms with Crippen LogP contribution in [0.25, 0.3) is 0 Å². The number of ether oxygens (including phenoxy) is 2. The van der Waals surface area contributed by atoms with Crippen LogP contribution < -0.4 is 14.8 Å². The van der Waals surface area contributed by atoms with Crippen LogP contribution in [0.5, 0.6) is 11.5 Å². The number of fused-ring (bicyclic) bond motifs is 1. The molecule has 0 saturated heterocycles. The van der Waals surface area contributed by atoms with Gasteiger partial charge in [0.15, 0.2) is 11.5 Å². The average molecular weight is 261 g/mol. The van der Waals surface area contributed by atoms with E-state index in [-0.39, 0.29) is 0 Å². The van der Waals surface area contributed by atoms with Crippen molar-refractivity contribution in [3.8, 4) is 11.5 Å². The standard InChI is InChI=1S/C16H23NO2/c1-2-7-14(8-3-1)17-12-13-6-4-9-15-16(13)19-11-5-10-18-15/h4,6,9,14,17H,1-3,5,7-8,10-12H2. The Morgan fingerprint density at radius 3 is 2.74 bits per heavy atom. The molecule has 0 unspecified atom stereocenters. The number of para-hydroxylation sites is 1. The Balaban J connectivity index is 1.66. The van der Waals surface area contributed by atoms with Crippen molar-refractivity contribution in [1.82, 2.24) is 5.32 Å². The van der Waals surface area contributed by atoms with E-state index in [9.17, 15) is 0 Å². The Bertz CT molecular complexity index is 413. The molecule has 1 aromatic rings. The van der Waals surface area contributed by atoms with Crippen molar-refractivity contribution in [3.63, 3.8) is 0 Å². The second kappa shape index (κ2) is 6.29. The van der Waals surface area contributed by atoms with E-state index in [0.29, 0.717) is 6.04 Å². The predicted molar refractivity (Wildman–Crippen MR) is 75.8 cm³/mol. The molecule has 3 rings (SSSR count). The highest BCUT2D eigenvalue weighted by molar-refractivity contribution is 5.47. The lowest BCUT2D eigenvalue weighted by molar-refractivity contribution is 0.295. The van der Waals surface area contributed by atoms with E-state index in [4.69, 9.17) is 9.47 Å². The topological polar surface area (TPSA) is 30.5 Å². The van der Waals surface area contributed by atoms with Crippen LogP contribution in [-0.4, -0.2) is 19.3 Å². The third-order valence-electron chi connectivity index (χ3n) is 4.04. The van der Waals surface area contributed by atoms with Gasteiger partial charge in [0, 0.05) is 24.6 Å². The summed E-state index contributed by atoms with van der Waals surface area (Å²) in [4.78, 5) is 0. The molecule has 1 aliphatic carbocycles. The molecule has 0 atom stereocenters. The third kappa shape index (κ3) is 3.21. The molecule has 3 heteroatoms. The van der Waals surface area contributed by atoms with Gasteiger partial charge in [-0.15, -0.1) is 0 Å². The molecule has 0 spiro atoms. The highest BCUT2D eigenvalue weighted by Gasteiger charge is 2.16. The fourth-order valence-corrected chi connectivity index (χ4v) is 2.95. The summed E-state index contributed by atoms with van der Waals surface area (Å²) in [6.45, 7) is 2.40. The summed E-state index contributed by atoms with van der Waals surface area (Å²) < 4.78 is 11.6. The van der Waals surface area contributed by atoms with Gasteiger partial charge in [0.25, 0.3) is 0 Å². The Labute approximate surface area is 115 Å². The first-order valence-corrected chi connectivity index (χ1v) is 7.54. The molecule has 0 radical (unpaired) electrons. The van der Waals surface area contributed by atoms with Gasteiger partial charge in [-0.25, -0.2) is 0 Å². The van der Waals surface area contributed by atoms with E-state index in [0.717, 1.165) is 37.7 Å². The second-order valence-electron chi connectivity index (χ2n) is 5.51. The lowest BCUT2D eigenvalue weighted by Gasteiger charge is -2.23. The maximum Gasteiger partial charge on any atom is 0.165 e. The first-order chi connectivity index (χ1) is 9.43. The van der Waals surface area contributed by atoms with Gasteiger partial charge in [0.05, 0.1) is 13.2 Å². The van der Waals surface area contributed by atoms with Crippen molar-refractivity contribution in [2.45, 2.75) is 51.1 Å². The third-order valence-corrected chi connectivity index (χ3v) is 4.04. The van der Waals surface area contributed by atoms with Gasteiger partial charge < -0.3 is 14.8 Å². The maximum absolute atomic E-state index is 5.85. The van der Waals surface area contributed by atoms with Crippen LogP contribution in [0.4, 0.5) is 0 Å². The second-order valence-corrected chi connectivity index (χ2v) is 5.51. The maximum atomic E-state index is 5.85. The normalized spacial score (nSPS) is 20.0. The van der Waals surface area contributed by atoms with Crippen LogP contribution in [-0.2, 0) is 6.54 Å². The van der Waals surface area contributed by atoms with Crippen molar-refractivity contribution in [1.29, 1.82) is 0 Å². The molecule has 0 bridgehead atoms. The quantitative estimate of drug-likeness (QED) is 0.906. The molecule has 1 aromatic carbocycles. The lowest BCUT2D eigenvalue weighted by Crippen LogP contribution is -2.30. The van der Waals surface area contributed by atoms with E-state index in [1.54, 1.807) is 0 Å². The highest BCUT2D eigenvalue weighted by atomic mass is 16.5. The minimum absolute atomic E-state index is 0.677. The molecular weight excluding hydrogens is 238 g/mol.